The molecule has 5 nitrogen and oxygen atoms in total. The molecule has 1 atom stereocenters. The van der Waals surface area contributed by atoms with E-state index in [4.69, 9.17) is 0 Å². The Morgan fingerprint density at radius 2 is 1.76 bits per heavy atom. The number of carbonyl (C=O) groups is 1. The van der Waals surface area contributed by atoms with E-state index < -0.39 is 15.8 Å². The van der Waals surface area contributed by atoms with Gasteiger partial charge in [-0.25, -0.2) is 17.5 Å². The molecule has 1 aliphatic rings. The quantitative estimate of drug-likeness (QED) is 0.889. The predicted octanol–water partition coefficient (Wildman–Crippen LogP) is 2.47. The molecule has 132 valence electrons. The van der Waals surface area contributed by atoms with Crippen LogP contribution in [-0.2, 0) is 14.8 Å². The summed E-state index contributed by atoms with van der Waals surface area (Å²) < 4.78 is 39.9. The van der Waals surface area contributed by atoms with Crippen LogP contribution in [0.15, 0.2) is 53.4 Å². The maximum Gasteiger partial charge on any atom is 0.240 e. The van der Waals surface area contributed by atoms with Gasteiger partial charge in [0.25, 0.3) is 0 Å². The lowest BCUT2D eigenvalue weighted by Gasteiger charge is -2.17. The van der Waals surface area contributed by atoms with Crippen molar-refractivity contribution < 1.29 is 17.6 Å². The van der Waals surface area contributed by atoms with Crippen molar-refractivity contribution in [2.24, 2.45) is 5.92 Å². The smallest absolute Gasteiger partial charge is 0.240 e. The fourth-order valence-corrected chi connectivity index (χ4v) is 3.93. The van der Waals surface area contributed by atoms with Crippen molar-refractivity contribution in [2.75, 3.05) is 18.0 Å². The standard InChI is InChI=1S/C18H19FN2O3S/c1-13-2-6-16(7-3-13)21-12-14(10-18(21)22)11-20-25(23,24)17-8-4-15(19)5-9-17/h2-9,14,20H,10-12H2,1H3. The van der Waals surface area contributed by atoms with Crippen LogP contribution in [0.1, 0.15) is 12.0 Å². The van der Waals surface area contributed by atoms with Crippen LogP contribution in [-0.4, -0.2) is 27.4 Å². The summed E-state index contributed by atoms with van der Waals surface area (Å²) in [7, 11) is -3.72. The number of anilines is 1. The molecule has 1 aliphatic heterocycles. The first-order chi connectivity index (χ1) is 11.8. The molecule has 0 aromatic heterocycles. The van der Waals surface area contributed by atoms with Gasteiger partial charge in [-0.05, 0) is 49.2 Å². The number of carbonyl (C=O) groups excluding carboxylic acids is 1. The molecule has 1 heterocycles. The lowest BCUT2D eigenvalue weighted by Crippen LogP contribution is -2.31. The average Bonchev–Trinajstić information content (AvgIpc) is 2.95. The SMILES string of the molecule is Cc1ccc(N2CC(CNS(=O)(=O)c3ccc(F)cc3)CC2=O)cc1. The first-order valence-electron chi connectivity index (χ1n) is 7.97. The highest BCUT2D eigenvalue weighted by Gasteiger charge is 2.31. The van der Waals surface area contributed by atoms with E-state index in [-0.39, 0.29) is 23.3 Å². The van der Waals surface area contributed by atoms with Crippen LogP contribution in [0.2, 0.25) is 0 Å². The topological polar surface area (TPSA) is 66.5 Å². The molecule has 1 amide bonds. The largest absolute Gasteiger partial charge is 0.312 e. The minimum atomic E-state index is -3.72. The summed E-state index contributed by atoms with van der Waals surface area (Å²) in [5, 5.41) is 0. The van der Waals surface area contributed by atoms with Crippen molar-refractivity contribution in [1.29, 1.82) is 0 Å². The average molecular weight is 362 g/mol. The van der Waals surface area contributed by atoms with Gasteiger partial charge < -0.3 is 4.90 Å². The molecule has 0 spiro atoms. The van der Waals surface area contributed by atoms with Crippen LogP contribution in [0.25, 0.3) is 0 Å². The Kier molecular flexibility index (Phi) is 4.87. The van der Waals surface area contributed by atoms with E-state index in [0.29, 0.717) is 13.0 Å². The fourth-order valence-electron chi connectivity index (χ4n) is 2.82. The minimum absolute atomic E-state index is 0.00798. The highest BCUT2D eigenvalue weighted by Crippen LogP contribution is 2.25. The van der Waals surface area contributed by atoms with Crippen LogP contribution < -0.4 is 9.62 Å². The zero-order chi connectivity index (χ0) is 18.0. The number of sulfonamides is 1. The van der Waals surface area contributed by atoms with Gasteiger partial charge in [-0.3, -0.25) is 4.79 Å². The molecular weight excluding hydrogens is 343 g/mol. The number of aryl methyl sites for hydroxylation is 1. The number of nitrogens with zero attached hydrogens (tertiary/aromatic N) is 1. The van der Waals surface area contributed by atoms with Crippen molar-refractivity contribution in [3.63, 3.8) is 0 Å². The Morgan fingerprint density at radius 1 is 1.12 bits per heavy atom. The lowest BCUT2D eigenvalue weighted by atomic mass is 10.1. The summed E-state index contributed by atoms with van der Waals surface area (Å²) in [4.78, 5) is 13.9. The molecular formula is C18H19FN2O3S. The van der Waals surface area contributed by atoms with Crippen molar-refractivity contribution >= 4 is 21.6 Å². The second-order valence-electron chi connectivity index (χ2n) is 6.22. The Morgan fingerprint density at radius 3 is 2.40 bits per heavy atom. The predicted molar refractivity (Wildman–Crippen MR) is 93.2 cm³/mol. The number of halogens is 1. The first-order valence-corrected chi connectivity index (χ1v) is 9.46. The van der Waals surface area contributed by atoms with Gasteiger partial charge in [-0.1, -0.05) is 17.7 Å². The summed E-state index contributed by atoms with van der Waals surface area (Å²) in [6.45, 7) is 2.60. The molecule has 0 bridgehead atoms. The summed E-state index contributed by atoms with van der Waals surface area (Å²) in [6, 6.07) is 12.3. The molecule has 0 saturated carbocycles. The number of benzene rings is 2. The van der Waals surface area contributed by atoms with Crippen molar-refractivity contribution in [3.8, 4) is 0 Å². The number of hydrogen-bond acceptors (Lipinski definition) is 3. The van der Waals surface area contributed by atoms with Crippen LogP contribution in [0.5, 0.6) is 0 Å². The number of amides is 1. The van der Waals surface area contributed by atoms with E-state index in [1.54, 1.807) is 4.90 Å². The van der Waals surface area contributed by atoms with Gasteiger partial charge >= 0.3 is 0 Å². The zero-order valence-electron chi connectivity index (χ0n) is 13.8. The number of nitrogens with one attached hydrogen (secondary N) is 1. The summed E-state index contributed by atoms with van der Waals surface area (Å²) in [6.07, 6.45) is 0.291. The third-order valence-electron chi connectivity index (χ3n) is 4.24. The van der Waals surface area contributed by atoms with E-state index in [1.807, 2.05) is 31.2 Å². The van der Waals surface area contributed by atoms with E-state index in [2.05, 4.69) is 4.72 Å². The van der Waals surface area contributed by atoms with Gasteiger partial charge in [0.15, 0.2) is 0 Å². The van der Waals surface area contributed by atoms with Crippen LogP contribution >= 0.6 is 0 Å². The van der Waals surface area contributed by atoms with Gasteiger partial charge in [0.1, 0.15) is 5.82 Å². The number of hydrogen-bond donors (Lipinski definition) is 1. The normalized spacial score (nSPS) is 17.9. The summed E-state index contributed by atoms with van der Waals surface area (Å²) in [5.41, 5.74) is 1.93. The van der Waals surface area contributed by atoms with Gasteiger partial charge in [-0.2, -0.15) is 0 Å². The zero-order valence-corrected chi connectivity index (χ0v) is 14.6. The summed E-state index contributed by atoms with van der Waals surface area (Å²) >= 11 is 0. The molecule has 25 heavy (non-hydrogen) atoms. The van der Waals surface area contributed by atoms with Crippen molar-refractivity contribution in [3.05, 3.63) is 59.9 Å². The highest BCUT2D eigenvalue weighted by atomic mass is 32.2. The van der Waals surface area contributed by atoms with E-state index in [0.717, 1.165) is 23.4 Å². The third kappa shape index (κ3) is 4.05. The molecule has 2 aromatic rings. The van der Waals surface area contributed by atoms with Gasteiger partial charge in [0.2, 0.25) is 15.9 Å². The molecule has 2 aromatic carbocycles. The molecule has 0 radical (unpaired) electrons. The van der Waals surface area contributed by atoms with Gasteiger partial charge in [0, 0.05) is 25.2 Å². The molecule has 3 rings (SSSR count). The fraction of sp³-hybridized carbons (Fsp3) is 0.278. The Hall–Kier alpha value is -2.25. The van der Waals surface area contributed by atoms with Crippen LogP contribution in [0.4, 0.5) is 10.1 Å². The van der Waals surface area contributed by atoms with E-state index in [9.17, 15) is 17.6 Å². The van der Waals surface area contributed by atoms with Crippen molar-refractivity contribution in [2.45, 2.75) is 18.2 Å². The minimum Gasteiger partial charge on any atom is -0.312 e. The van der Waals surface area contributed by atoms with Gasteiger partial charge in [-0.15, -0.1) is 0 Å². The second-order valence-corrected chi connectivity index (χ2v) is 7.98. The maximum absolute atomic E-state index is 12.9. The lowest BCUT2D eigenvalue weighted by molar-refractivity contribution is -0.117. The third-order valence-corrected chi connectivity index (χ3v) is 5.68. The Bertz CT molecular complexity index is 864. The first kappa shape index (κ1) is 17.6. The number of rotatable bonds is 5. The molecule has 1 saturated heterocycles. The molecule has 1 fully saturated rings. The van der Waals surface area contributed by atoms with Gasteiger partial charge in [0.05, 0.1) is 4.90 Å². The maximum atomic E-state index is 12.9. The molecule has 0 aliphatic carbocycles. The Balaban J connectivity index is 1.63. The second kappa shape index (κ2) is 6.93. The summed E-state index contributed by atoms with van der Waals surface area (Å²) in [5.74, 6) is -0.618. The highest BCUT2D eigenvalue weighted by molar-refractivity contribution is 7.89. The monoisotopic (exact) mass is 362 g/mol. The Labute approximate surface area is 146 Å². The molecule has 1 N–H and O–H groups in total. The molecule has 1 unspecified atom stereocenters. The van der Waals surface area contributed by atoms with Crippen molar-refractivity contribution in [1.82, 2.24) is 4.72 Å². The van der Waals surface area contributed by atoms with Crippen LogP contribution in [0.3, 0.4) is 0 Å². The molecule has 7 heteroatoms. The van der Waals surface area contributed by atoms with E-state index in [1.165, 1.54) is 12.1 Å². The van der Waals surface area contributed by atoms with Crippen LogP contribution in [0, 0.1) is 18.7 Å². The van der Waals surface area contributed by atoms with E-state index >= 15 is 0 Å².